The first-order valence-electron chi connectivity index (χ1n) is 7.12. The molecule has 0 aliphatic carbocycles. The predicted octanol–water partition coefficient (Wildman–Crippen LogP) is 2.26. The zero-order valence-electron chi connectivity index (χ0n) is 12.8. The molecule has 0 aliphatic rings. The van der Waals surface area contributed by atoms with E-state index in [9.17, 15) is 4.79 Å². The summed E-state index contributed by atoms with van der Waals surface area (Å²) in [5.74, 6) is 0.0384. The number of rotatable bonds is 6. The number of carbonyl (C=O) groups excluding carboxylic acids is 1. The Balaban J connectivity index is 1.71. The molecule has 1 amide bonds. The standard InChI is InChI=1S/C14H14ClN7OS/c1-2-21-9-17-20-14(21)24-6-13(23)19-11-5-10(15)3-4-12(11)22-8-16-7-18-22/h3-5,7-9H,2,6H2,1H3,(H,19,23). The number of anilines is 1. The molecule has 0 radical (unpaired) electrons. The summed E-state index contributed by atoms with van der Waals surface area (Å²) in [7, 11) is 0. The van der Waals surface area contributed by atoms with Crippen LogP contribution in [-0.4, -0.2) is 41.2 Å². The van der Waals surface area contributed by atoms with Crippen molar-refractivity contribution in [1.82, 2.24) is 29.5 Å². The highest BCUT2D eigenvalue weighted by Crippen LogP contribution is 2.24. The van der Waals surface area contributed by atoms with E-state index in [2.05, 4.69) is 25.6 Å². The fraction of sp³-hybridized carbons (Fsp3) is 0.214. The summed E-state index contributed by atoms with van der Waals surface area (Å²) in [6.45, 7) is 2.74. The van der Waals surface area contributed by atoms with E-state index in [1.165, 1.54) is 18.1 Å². The number of amides is 1. The van der Waals surface area contributed by atoms with Crippen molar-refractivity contribution in [2.75, 3.05) is 11.1 Å². The van der Waals surface area contributed by atoms with Crippen molar-refractivity contribution in [3.05, 3.63) is 42.2 Å². The van der Waals surface area contributed by atoms with Crippen LogP contribution in [0.4, 0.5) is 5.69 Å². The molecule has 24 heavy (non-hydrogen) atoms. The molecule has 10 heteroatoms. The molecule has 0 saturated heterocycles. The first-order chi connectivity index (χ1) is 11.7. The van der Waals surface area contributed by atoms with Crippen LogP contribution in [0.3, 0.4) is 0 Å². The highest BCUT2D eigenvalue weighted by Gasteiger charge is 2.12. The Morgan fingerprint density at radius 2 is 2.25 bits per heavy atom. The number of hydrogen-bond acceptors (Lipinski definition) is 6. The average Bonchev–Trinajstić information content (AvgIpc) is 3.24. The van der Waals surface area contributed by atoms with Crippen molar-refractivity contribution in [3.8, 4) is 5.69 Å². The van der Waals surface area contributed by atoms with Crippen LogP contribution in [0.25, 0.3) is 5.69 Å². The van der Waals surface area contributed by atoms with Crippen LogP contribution in [0.5, 0.6) is 0 Å². The highest BCUT2D eigenvalue weighted by atomic mass is 35.5. The molecule has 3 rings (SSSR count). The van der Waals surface area contributed by atoms with Gasteiger partial charge in [0.05, 0.1) is 17.1 Å². The van der Waals surface area contributed by atoms with Crippen molar-refractivity contribution in [2.24, 2.45) is 0 Å². The number of nitrogens with zero attached hydrogens (tertiary/aromatic N) is 6. The van der Waals surface area contributed by atoms with E-state index in [-0.39, 0.29) is 11.7 Å². The minimum atomic E-state index is -0.172. The molecular formula is C14H14ClN7OS. The number of benzene rings is 1. The second kappa shape index (κ2) is 7.45. The summed E-state index contributed by atoms with van der Waals surface area (Å²) in [5.41, 5.74) is 1.25. The molecule has 1 aromatic carbocycles. The number of hydrogen-bond donors (Lipinski definition) is 1. The van der Waals surface area contributed by atoms with Crippen molar-refractivity contribution in [2.45, 2.75) is 18.6 Å². The topological polar surface area (TPSA) is 90.5 Å². The van der Waals surface area contributed by atoms with Crippen molar-refractivity contribution in [3.63, 3.8) is 0 Å². The molecule has 124 valence electrons. The van der Waals surface area contributed by atoms with Crippen molar-refractivity contribution >= 4 is 35.0 Å². The van der Waals surface area contributed by atoms with Gasteiger partial charge in [-0.3, -0.25) is 4.79 Å². The first kappa shape index (κ1) is 16.5. The Morgan fingerprint density at radius 3 is 3.00 bits per heavy atom. The van der Waals surface area contributed by atoms with Gasteiger partial charge in [0.2, 0.25) is 5.91 Å². The summed E-state index contributed by atoms with van der Waals surface area (Å²) in [6.07, 6.45) is 4.62. The van der Waals surface area contributed by atoms with Crippen molar-refractivity contribution < 1.29 is 4.79 Å². The third kappa shape index (κ3) is 3.74. The maximum Gasteiger partial charge on any atom is 0.234 e. The van der Waals surface area contributed by atoms with E-state index < -0.39 is 0 Å². The smallest absolute Gasteiger partial charge is 0.234 e. The molecule has 2 heterocycles. The van der Waals surface area contributed by atoms with Crippen LogP contribution in [0.15, 0.2) is 42.3 Å². The number of halogens is 1. The van der Waals surface area contributed by atoms with Gasteiger partial charge >= 0.3 is 0 Å². The van der Waals surface area contributed by atoms with Crippen LogP contribution in [0.2, 0.25) is 5.02 Å². The monoisotopic (exact) mass is 363 g/mol. The zero-order chi connectivity index (χ0) is 16.9. The number of thioether (sulfide) groups is 1. The summed E-state index contributed by atoms with van der Waals surface area (Å²) < 4.78 is 3.44. The summed E-state index contributed by atoms with van der Waals surface area (Å²) in [6, 6.07) is 5.18. The third-order valence-electron chi connectivity index (χ3n) is 3.15. The number of carbonyl (C=O) groups is 1. The van der Waals surface area contributed by atoms with Crippen molar-refractivity contribution in [1.29, 1.82) is 0 Å². The number of aryl methyl sites for hydroxylation is 1. The van der Waals surface area contributed by atoms with Gasteiger partial charge in [0, 0.05) is 11.6 Å². The maximum absolute atomic E-state index is 12.3. The molecule has 2 aromatic heterocycles. The normalized spacial score (nSPS) is 10.8. The molecule has 0 atom stereocenters. The molecule has 0 spiro atoms. The van der Waals surface area contributed by atoms with Crippen LogP contribution in [0.1, 0.15) is 6.92 Å². The first-order valence-corrected chi connectivity index (χ1v) is 8.48. The Hall–Kier alpha value is -2.39. The van der Waals surface area contributed by atoms with Crippen LogP contribution >= 0.6 is 23.4 Å². The number of aromatic nitrogens is 6. The molecule has 1 N–H and O–H groups in total. The summed E-state index contributed by atoms with van der Waals surface area (Å²) in [5, 5.41) is 16.0. The predicted molar refractivity (Wildman–Crippen MR) is 91.4 cm³/mol. The van der Waals surface area contributed by atoms with Gasteiger partial charge in [0.25, 0.3) is 0 Å². The molecule has 0 unspecified atom stereocenters. The molecule has 0 bridgehead atoms. The van der Waals surface area contributed by atoms with Gasteiger partial charge in [-0.2, -0.15) is 5.10 Å². The molecule has 0 saturated carbocycles. The minimum absolute atomic E-state index is 0.172. The SMILES string of the molecule is CCn1cnnc1SCC(=O)Nc1cc(Cl)ccc1-n1cncn1. The Morgan fingerprint density at radius 1 is 1.38 bits per heavy atom. The molecule has 8 nitrogen and oxygen atoms in total. The Bertz CT molecular complexity index is 834. The lowest BCUT2D eigenvalue weighted by atomic mass is 10.2. The van der Waals surface area contributed by atoms with E-state index >= 15 is 0 Å². The summed E-state index contributed by atoms with van der Waals surface area (Å²) in [4.78, 5) is 16.2. The van der Waals surface area contributed by atoms with E-state index in [1.807, 2.05) is 11.5 Å². The van der Waals surface area contributed by atoms with Crippen LogP contribution < -0.4 is 5.32 Å². The molecule has 0 aliphatic heterocycles. The lowest BCUT2D eigenvalue weighted by molar-refractivity contribution is -0.113. The van der Waals surface area contributed by atoms with Gasteiger partial charge in [-0.15, -0.1) is 10.2 Å². The minimum Gasteiger partial charge on any atom is -0.323 e. The van der Waals surface area contributed by atoms with E-state index in [4.69, 9.17) is 11.6 Å². The van der Waals surface area contributed by atoms with Gasteiger partial charge in [0.15, 0.2) is 5.16 Å². The highest BCUT2D eigenvalue weighted by molar-refractivity contribution is 7.99. The van der Waals surface area contributed by atoms with E-state index in [1.54, 1.807) is 35.5 Å². The largest absolute Gasteiger partial charge is 0.323 e. The summed E-state index contributed by atoms with van der Waals surface area (Å²) >= 11 is 7.36. The van der Waals surface area contributed by atoms with Gasteiger partial charge in [-0.05, 0) is 25.1 Å². The fourth-order valence-electron chi connectivity index (χ4n) is 2.03. The third-order valence-corrected chi connectivity index (χ3v) is 4.37. The van der Waals surface area contributed by atoms with Gasteiger partial charge in [-0.25, -0.2) is 9.67 Å². The van der Waals surface area contributed by atoms with E-state index in [0.717, 1.165) is 6.54 Å². The van der Waals surface area contributed by atoms with Crippen LogP contribution in [0, 0.1) is 0 Å². The number of nitrogens with one attached hydrogen (secondary N) is 1. The lowest BCUT2D eigenvalue weighted by Crippen LogP contribution is -2.16. The van der Waals surface area contributed by atoms with E-state index in [0.29, 0.717) is 21.6 Å². The lowest BCUT2D eigenvalue weighted by Gasteiger charge is -2.11. The second-order valence-electron chi connectivity index (χ2n) is 4.74. The quantitative estimate of drug-likeness (QED) is 0.675. The zero-order valence-corrected chi connectivity index (χ0v) is 14.3. The Labute approximate surface area is 147 Å². The maximum atomic E-state index is 12.3. The Kier molecular flexibility index (Phi) is 5.11. The average molecular weight is 364 g/mol. The molecule has 0 fully saturated rings. The van der Waals surface area contributed by atoms with Gasteiger partial charge in [0.1, 0.15) is 19.0 Å². The fourth-order valence-corrected chi connectivity index (χ4v) is 2.98. The second-order valence-corrected chi connectivity index (χ2v) is 6.12. The molecule has 3 aromatic rings. The van der Waals surface area contributed by atoms with Gasteiger partial charge in [-0.1, -0.05) is 23.4 Å². The van der Waals surface area contributed by atoms with Gasteiger partial charge < -0.3 is 9.88 Å². The molecular weight excluding hydrogens is 350 g/mol. The van der Waals surface area contributed by atoms with Crippen LogP contribution in [-0.2, 0) is 11.3 Å².